The van der Waals surface area contributed by atoms with E-state index in [0.29, 0.717) is 12.2 Å². The number of amides is 1. The third-order valence-corrected chi connectivity index (χ3v) is 2.42. The van der Waals surface area contributed by atoms with Crippen molar-refractivity contribution < 1.29 is 9.53 Å². The molecule has 88 valence electrons. The van der Waals surface area contributed by atoms with Gasteiger partial charge in [-0.25, -0.2) is 0 Å². The number of hydrogen-bond acceptors (Lipinski definition) is 2. The Morgan fingerprint density at radius 2 is 2.00 bits per heavy atom. The molecule has 2 rings (SSSR count). The summed E-state index contributed by atoms with van der Waals surface area (Å²) in [7, 11) is 0. The largest absolute Gasteiger partial charge is 0.494 e. The van der Waals surface area contributed by atoms with E-state index in [0.717, 1.165) is 11.4 Å². The van der Waals surface area contributed by atoms with Crippen molar-refractivity contribution in [1.82, 2.24) is 4.57 Å². The van der Waals surface area contributed by atoms with Gasteiger partial charge in [0, 0.05) is 18.1 Å². The lowest BCUT2D eigenvalue weighted by molar-refractivity contribution is 0.100. The van der Waals surface area contributed by atoms with Gasteiger partial charge >= 0.3 is 0 Å². The smallest absolute Gasteiger partial charge is 0.250 e. The standard InChI is InChI=1S/C13H14N2O2/c1-2-17-12-5-3-11(4-6-12)15-8-7-10(9-15)13(14)16/h3-9H,2H2,1H3,(H2,14,16). The number of carbonyl (C=O) groups is 1. The molecule has 1 heterocycles. The minimum Gasteiger partial charge on any atom is -0.494 e. The summed E-state index contributed by atoms with van der Waals surface area (Å²) in [5.41, 5.74) is 6.65. The molecule has 1 amide bonds. The summed E-state index contributed by atoms with van der Waals surface area (Å²) in [4.78, 5) is 11.0. The van der Waals surface area contributed by atoms with Gasteiger partial charge < -0.3 is 15.0 Å². The highest BCUT2D eigenvalue weighted by Gasteiger charge is 2.03. The Labute approximate surface area is 99.6 Å². The Bertz CT molecular complexity index is 514. The molecule has 2 aromatic rings. The number of nitrogens with two attached hydrogens (primary N) is 1. The molecule has 0 radical (unpaired) electrons. The van der Waals surface area contributed by atoms with E-state index in [1.165, 1.54) is 0 Å². The number of aromatic nitrogens is 1. The molecule has 4 nitrogen and oxygen atoms in total. The van der Waals surface area contributed by atoms with Gasteiger partial charge in [0.2, 0.25) is 5.91 Å². The highest BCUT2D eigenvalue weighted by Crippen LogP contribution is 2.16. The van der Waals surface area contributed by atoms with Crippen molar-refractivity contribution in [3.8, 4) is 11.4 Å². The van der Waals surface area contributed by atoms with Crippen molar-refractivity contribution in [2.75, 3.05) is 6.61 Å². The fourth-order valence-corrected chi connectivity index (χ4v) is 1.58. The van der Waals surface area contributed by atoms with E-state index in [2.05, 4.69) is 0 Å². The SMILES string of the molecule is CCOc1ccc(-n2ccc(C(N)=O)c2)cc1. The molecule has 0 unspecified atom stereocenters. The number of ether oxygens (including phenoxy) is 1. The predicted octanol–water partition coefficient (Wildman–Crippen LogP) is 1.97. The lowest BCUT2D eigenvalue weighted by atomic mass is 10.3. The normalized spacial score (nSPS) is 10.2. The molecule has 0 atom stereocenters. The first-order chi connectivity index (χ1) is 8.20. The van der Waals surface area contributed by atoms with Crippen LogP contribution in [0.25, 0.3) is 5.69 Å². The molecule has 2 N–H and O–H groups in total. The van der Waals surface area contributed by atoms with Gasteiger partial charge in [0.1, 0.15) is 5.75 Å². The molecular weight excluding hydrogens is 216 g/mol. The average Bonchev–Trinajstić information content (AvgIpc) is 2.80. The van der Waals surface area contributed by atoms with E-state index in [-0.39, 0.29) is 0 Å². The lowest BCUT2D eigenvalue weighted by Gasteiger charge is -2.05. The van der Waals surface area contributed by atoms with Gasteiger partial charge in [0.15, 0.2) is 0 Å². The quantitative estimate of drug-likeness (QED) is 0.873. The monoisotopic (exact) mass is 230 g/mol. The Kier molecular flexibility index (Phi) is 3.14. The minimum absolute atomic E-state index is 0.422. The van der Waals surface area contributed by atoms with E-state index < -0.39 is 5.91 Å². The van der Waals surface area contributed by atoms with Crippen molar-refractivity contribution in [2.24, 2.45) is 5.73 Å². The van der Waals surface area contributed by atoms with Crippen LogP contribution in [0.3, 0.4) is 0 Å². The van der Waals surface area contributed by atoms with E-state index in [9.17, 15) is 4.79 Å². The topological polar surface area (TPSA) is 57.2 Å². The summed E-state index contributed by atoms with van der Waals surface area (Å²) in [5.74, 6) is 0.410. The molecule has 0 aliphatic carbocycles. The fraction of sp³-hybridized carbons (Fsp3) is 0.154. The second-order valence-corrected chi connectivity index (χ2v) is 3.60. The Morgan fingerprint density at radius 3 is 2.53 bits per heavy atom. The number of hydrogen-bond donors (Lipinski definition) is 1. The van der Waals surface area contributed by atoms with Crippen LogP contribution in [0.2, 0.25) is 0 Å². The molecule has 1 aromatic carbocycles. The van der Waals surface area contributed by atoms with Crippen molar-refractivity contribution in [3.05, 3.63) is 48.3 Å². The van der Waals surface area contributed by atoms with Gasteiger partial charge in [-0.3, -0.25) is 4.79 Å². The molecule has 4 heteroatoms. The third-order valence-electron chi connectivity index (χ3n) is 2.42. The predicted molar refractivity (Wildman–Crippen MR) is 65.5 cm³/mol. The van der Waals surface area contributed by atoms with Crippen LogP contribution in [0.4, 0.5) is 0 Å². The number of carbonyl (C=O) groups excluding carboxylic acids is 1. The van der Waals surface area contributed by atoms with E-state index in [1.54, 1.807) is 18.5 Å². The van der Waals surface area contributed by atoms with Crippen LogP contribution < -0.4 is 10.5 Å². The van der Waals surface area contributed by atoms with Crippen LogP contribution >= 0.6 is 0 Å². The van der Waals surface area contributed by atoms with Crippen LogP contribution in [0.5, 0.6) is 5.75 Å². The van der Waals surface area contributed by atoms with E-state index >= 15 is 0 Å². The van der Waals surface area contributed by atoms with Gasteiger partial charge in [0.05, 0.1) is 12.2 Å². The van der Waals surface area contributed by atoms with Crippen LogP contribution in [0.1, 0.15) is 17.3 Å². The van der Waals surface area contributed by atoms with Gasteiger partial charge in [-0.2, -0.15) is 0 Å². The number of nitrogens with zero attached hydrogens (tertiary/aromatic N) is 1. The van der Waals surface area contributed by atoms with Gasteiger partial charge in [-0.15, -0.1) is 0 Å². The maximum atomic E-state index is 11.0. The first kappa shape index (κ1) is 11.3. The zero-order valence-electron chi connectivity index (χ0n) is 9.59. The van der Waals surface area contributed by atoms with Crippen molar-refractivity contribution in [3.63, 3.8) is 0 Å². The van der Waals surface area contributed by atoms with Crippen molar-refractivity contribution in [2.45, 2.75) is 6.92 Å². The molecule has 0 fully saturated rings. The maximum absolute atomic E-state index is 11.0. The summed E-state index contributed by atoms with van der Waals surface area (Å²) < 4.78 is 7.20. The molecule has 0 aliphatic rings. The van der Waals surface area contributed by atoms with Gasteiger partial charge in [0.25, 0.3) is 0 Å². The van der Waals surface area contributed by atoms with Crippen molar-refractivity contribution in [1.29, 1.82) is 0 Å². The molecule has 0 spiro atoms. The molecular formula is C13H14N2O2. The Balaban J connectivity index is 2.23. The number of benzene rings is 1. The second kappa shape index (κ2) is 4.74. The fourth-order valence-electron chi connectivity index (χ4n) is 1.58. The maximum Gasteiger partial charge on any atom is 0.250 e. The minimum atomic E-state index is -0.422. The summed E-state index contributed by atoms with van der Waals surface area (Å²) in [5, 5.41) is 0. The highest BCUT2D eigenvalue weighted by atomic mass is 16.5. The molecule has 0 saturated carbocycles. The first-order valence-electron chi connectivity index (χ1n) is 5.41. The van der Waals surface area contributed by atoms with Gasteiger partial charge in [-0.05, 0) is 37.3 Å². The summed E-state index contributed by atoms with van der Waals surface area (Å²) in [6.07, 6.45) is 3.51. The second-order valence-electron chi connectivity index (χ2n) is 3.60. The summed E-state index contributed by atoms with van der Waals surface area (Å²) in [6, 6.07) is 9.33. The van der Waals surface area contributed by atoms with Crippen LogP contribution in [0.15, 0.2) is 42.7 Å². The zero-order chi connectivity index (χ0) is 12.3. The van der Waals surface area contributed by atoms with Gasteiger partial charge in [-0.1, -0.05) is 0 Å². The lowest BCUT2D eigenvalue weighted by Crippen LogP contribution is -2.09. The van der Waals surface area contributed by atoms with E-state index in [4.69, 9.17) is 10.5 Å². The van der Waals surface area contributed by atoms with Crippen molar-refractivity contribution >= 4 is 5.91 Å². The highest BCUT2D eigenvalue weighted by molar-refractivity contribution is 5.92. The molecule has 0 aliphatic heterocycles. The summed E-state index contributed by atoms with van der Waals surface area (Å²) >= 11 is 0. The summed E-state index contributed by atoms with van der Waals surface area (Å²) in [6.45, 7) is 2.59. The van der Waals surface area contributed by atoms with Crippen LogP contribution in [-0.2, 0) is 0 Å². The number of rotatable bonds is 4. The molecule has 0 bridgehead atoms. The van der Waals surface area contributed by atoms with Crippen LogP contribution in [-0.4, -0.2) is 17.1 Å². The Hall–Kier alpha value is -2.23. The van der Waals surface area contributed by atoms with E-state index in [1.807, 2.05) is 35.8 Å². The Morgan fingerprint density at radius 1 is 1.29 bits per heavy atom. The number of primary amides is 1. The first-order valence-corrected chi connectivity index (χ1v) is 5.41. The van der Waals surface area contributed by atoms with Crippen LogP contribution in [0, 0.1) is 0 Å². The molecule has 0 saturated heterocycles. The third kappa shape index (κ3) is 2.47. The zero-order valence-corrected chi connectivity index (χ0v) is 9.59. The molecule has 1 aromatic heterocycles. The molecule has 17 heavy (non-hydrogen) atoms. The average molecular weight is 230 g/mol.